The fourth-order valence-corrected chi connectivity index (χ4v) is 2.99. The lowest BCUT2D eigenvalue weighted by Gasteiger charge is -2.19. The number of para-hydroxylation sites is 2. The van der Waals surface area contributed by atoms with Gasteiger partial charge in [-0.2, -0.15) is 13.2 Å². The molecule has 8 heteroatoms. The van der Waals surface area contributed by atoms with Crippen molar-refractivity contribution in [3.05, 3.63) is 54.1 Å². The molecule has 142 valence electrons. The average Bonchev–Trinajstić information content (AvgIpc) is 3.03. The molecule has 1 atom stereocenters. The molecule has 1 N–H and O–H groups in total. The molecule has 0 bridgehead atoms. The van der Waals surface area contributed by atoms with Crippen molar-refractivity contribution in [1.29, 1.82) is 0 Å². The van der Waals surface area contributed by atoms with Gasteiger partial charge >= 0.3 is 6.18 Å². The molecule has 1 heterocycles. The number of halogens is 3. The molecule has 0 unspecified atom stereocenters. The van der Waals surface area contributed by atoms with Crippen LogP contribution in [-0.2, 0) is 15.8 Å². The van der Waals surface area contributed by atoms with E-state index in [1.54, 1.807) is 24.3 Å². The Morgan fingerprint density at radius 2 is 1.93 bits per heavy atom. The van der Waals surface area contributed by atoms with E-state index in [1.807, 2.05) is 0 Å². The fraction of sp³-hybridized carbons (Fsp3) is 0.263. The van der Waals surface area contributed by atoms with Gasteiger partial charge in [-0.25, -0.2) is 0 Å². The van der Waals surface area contributed by atoms with E-state index in [0.717, 1.165) is 12.1 Å². The van der Waals surface area contributed by atoms with Crippen LogP contribution in [0.1, 0.15) is 12.0 Å². The van der Waals surface area contributed by atoms with Crippen molar-refractivity contribution in [1.82, 2.24) is 0 Å². The first-order chi connectivity index (χ1) is 12.8. The number of rotatable bonds is 4. The Labute approximate surface area is 153 Å². The number of benzene rings is 2. The maximum Gasteiger partial charge on any atom is 0.416 e. The fourth-order valence-electron chi connectivity index (χ4n) is 2.99. The van der Waals surface area contributed by atoms with Crippen LogP contribution in [0.25, 0.3) is 0 Å². The monoisotopic (exact) mass is 378 g/mol. The largest absolute Gasteiger partial charge is 0.495 e. The lowest BCUT2D eigenvalue weighted by molar-refractivity contribution is -0.137. The molecule has 5 nitrogen and oxygen atoms in total. The quantitative estimate of drug-likeness (QED) is 0.883. The van der Waals surface area contributed by atoms with E-state index < -0.39 is 23.6 Å². The highest BCUT2D eigenvalue weighted by molar-refractivity contribution is 6.04. The number of anilines is 2. The highest BCUT2D eigenvalue weighted by Gasteiger charge is 2.36. The van der Waals surface area contributed by atoms with Gasteiger partial charge in [0.1, 0.15) is 5.75 Å². The smallest absolute Gasteiger partial charge is 0.416 e. The van der Waals surface area contributed by atoms with E-state index in [-0.39, 0.29) is 24.6 Å². The van der Waals surface area contributed by atoms with Crippen LogP contribution in [0.3, 0.4) is 0 Å². The zero-order valence-electron chi connectivity index (χ0n) is 14.4. The minimum Gasteiger partial charge on any atom is -0.495 e. The third-order valence-corrected chi connectivity index (χ3v) is 4.33. The Kier molecular flexibility index (Phi) is 5.07. The molecule has 0 spiro atoms. The summed E-state index contributed by atoms with van der Waals surface area (Å²) < 4.78 is 43.6. The van der Waals surface area contributed by atoms with Gasteiger partial charge in [0.15, 0.2) is 0 Å². The Bertz CT molecular complexity index is 867. The summed E-state index contributed by atoms with van der Waals surface area (Å²) in [6.07, 6.45) is -4.52. The number of hydrogen-bond donors (Lipinski definition) is 1. The summed E-state index contributed by atoms with van der Waals surface area (Å²) >= 11 is 0. The molecule has 1 aliphatic heterocycles. The van der Waals surface area contributed by atoms with Gasteiger partial charge in [0, 0.05) is 18.7 Å². The van der Waals surface area contributed by atoms with Crippen molar-refractivity contribution in [2.75, 3.05) is 23.9 Å². The number of alkyl halides is 3. The van der Waals surface area contributed by atoms with E-state index >= 15 is 0 Å². The van der Waals surface area contributed by atoms with Gasteiger partial charge in [-0.05, 0) is 30.3 Å². The van der Waals surface area contributed by atoms with Crippen molar-refractivity contribution in [3.63, 3.8) is 0 Å². The Morgan fingerprint density at radius 1 is 1.19 bits per heavy atom. The summed E-state index contributed by atoms with van der Waals surface area (Å²) in [5, 5.41) is 2.47. The standard InChI is InChI=1S/C19H17F3N2O3/c1-27-16-8-3-2-7-15(16)24-11-12(9-17(24)25)18(26)23-14-6-4-5-13(10-14)19(20,21)22/h2-8,10,12H,9,11H2,1H3,(H,23,26)/t12-/m0/s1. The molecule has 1 fully saturated rings. The molecule has 0 radical (unpaired) electrons. The van der Waals surface area contributed by atoms with Gasteiger partial charge in [0.05, 0.1) is 24.3 Å². The number of hydrogen-bond acceptors (Lipinski definition) is 3. The van der Waals surface area contributed by atoms with Crippen LogP contribution in [0.2, 0.25) is 0 Å². The summed E-state index contributed by atoms with van der Waals surface area (Å²) in [6, 6.07) is 11.3. The molecule has 1 saturated heterocycles. The van der Waals surface area contributed by atoms with E-state index in [4.69, 9.17) is 4.74 Å². The number of carbonyl (C=O) groups excluding carboxylic acids is 2. The third kappa shape index (κ3) is 4.05. The maximum atomic E-state index is 12.8. The van der Waals surface area contributed by atoms with Crippen LogP contribution in [0.5, 0.6) is 5.75 Å². The molecule has 2 aromatic carbocycles. The molecule has 0 aromatic heterocycles. The number of methoxy groups -OCH3 is 1. The normalized spacial score (nSPS) is 17.1. The summed E-state index contributed by atoms with van der Waals surface area (Å²) in [6.45, 7) is 0.129. The van der Waals surface area contributed by atoms with Crippen molar-refractivity contribution < 1.29 is 27.5 Å². The second kappa shape index (κ2) is 7.30. The van der Waals surface area contributed by atoms with Gasteiger partial charge in [-0.15, -0.1) is 0 Å². The van der Waals surface area contributed by atoms with Crippen molar-refractivity contribution in [3.8, 4) is 5.75 Å². The first-order valence-electron chi connectivity index (χ1n) is 8.21. The lowest BCUT2D eigenvalue weighted by atomic mass is 10.1. The highest BCUT2D eigenvalue weighted by atomic mass is 19.4. The SMILES string of the molecule is COc1ccccc1N1C[C@@H](C(=O)Nc2cccc(C(F)(F)F)c2)CC1=O. The second-order valence-electron chi connectivity index (χ2n) is 6.15. The van der Waals surface area contributed by atoms with Crippen LogP contribution in [0.4, 0.5) is 24.5 Å². The average molecular weight is 378 g/mol. The van der Waals surface area contributed by atoms with E-state index in [2.05, 4.69) is 5.32 Å². The number of carbonyl (C=O) groups is 2. The number of ether oxygens (including phenoxy) is 1. The molecule has 27 heavy (non-hydrogen) atoms. The maximum absolute atomic E-state index is 12.8. The molecule has 1 aliphatic rings. The van der Waals surface area contributed by atoms with Crippen molar-refractivity contribution in [2.24, 2.45) is 5.92 Å². The van der Waals surface area contributed by atoms with Gasteiger partial charge in [-0.3, -0.25) is 9.59 Å². The molecular formula is C19H17F3N2O3. The number of nitrogens with one attached hydrogen (secondary N) is 1. The zero-order chi connectivity index (χ0) is 19.6. The van der Waals surface area contributed by atoms with Crippen molar-refractivity contribution >= 4 is 23.2 Å². The molecule has 0 saturated carbocycles. The summed E-state index contributed by atoms with van der Waals surface area (Å²) in [7, 11) is 1.48. The molecule has 2 aromatic rings. The first kappa shape index (κ1) is 18.8. The molecule has 2 amide bonds. The van der Waals surface area contributed by atoms with Gasteiger partial charge < -0.3 is 15.0 Å². The third-order valence-electron chi connectivity index (χ3n) is 4.33. The minimum absolute atomic E-state index is 0.0250. The van der Waals surface area contributed by atoms with Crippen LogP contribution in [-0.4, -0.2) is 25.5 Å². The van der Waals surface area contributed by atoms with Gasteiger partial charge in [0.25, 0.3) is 0 Å². The van der Waals surface area contributed by atoms with Crippen LogP contribution in [0, 0.1) is 5.92 Å². The minimum atomic E-state index is -4.50. The number of amides is 2. The number of nitrogens with zero attached hydrogens (tertiary/aromatic N) is 1. The Balaban J connectivity index is 1.73. The predicted octanol–water partition coefficient (Wildman–Crippen LogP) is 3.71. The summed E-state index contributed by atoms with van der Waals surface area (Å²) in [4.78, 5) is 26.2. The van der Waals surface area contributed by atoms with Gasteiger partial charge in [0.2, 0.25) is 11.8 Å². The van der Waals surface area contributed by atoms with Crippen LogP contribution >= 0.6 is 0 Å². The molecule has 0 aliphatic carbocycles. The predicted molar refractivity (Wildman–Crippen MR) is 93.5 cm³/mol. The molecule has 3 rings (SSSR count). The van der Waals surface area contributed by atoms with E-state index in [9.17, 15) is 22.8 Å². The Hall–Kier alpha value is -3.03. The van der Waals surface area contributed by atoms with E-state index in [1.165, 1.54) is 24.1 Å². The Morgan fingerprint density at radius 3 is 2.63 bits per heavy atom. The van der Waals surface area contributed by atoms with Crippen molar-refractivity contribution in [2.45, 2.75) is 12.6 Å². The topological polar surface area (TPSA) is 58.6 Å². The van der Waals surface area contributed by atoms with Gasteiger partial charge in [-0.1, -0.05) is 18.2 Å². The highest BCUT2D eigenvalue weighted by Crippen LogP contribution is 2.34. The molecular weight excluding hydrogens is 361 g/mol. The first-order valence-corrected chi connectivity index (χ1v) is 8.21. The zero-order valence-corrected chi connectivity index (χ0v) is 14.4. The van der Waals surface area contributed by atoms with Crippen LogP contribution < -0.4 is 15.0 Å². The van der Waals surface area contributed by atoms with E-state index in [0.29, 0.717) is 11.4 Å². The summed E-state index contributed by atoms with van der Waals surface area (Å²) in [5.74, 6) is -0.912. The summed E-state index contributed by atoms with van der Waals surface area (Å²) in [5.41, 5.74) is -0.254. The second-order valence-corrected chi connectivity index (χ2v) is 6.15. The van der Waals surface area contributed by atoms with Crippen LogP contribution in [0.15, 0.2) is 48.5 Å². The lowest BCUT2D eigenvalue weighted by Crippen LogP contribution is -2.28.